The molecule has 2 aromatic rings. The van der Waals surface area contributed by atoms with Crippen LogP contribution in [0.5, 0.6) is 0 Å². The lowest BCUT2D eigenvalue weighted by Gasteiger charge is -2.10. The van der Waals surface area contributed by atoms with Gasteiger partial charge in [-0.15, -0.1) is 11.8 Å². The molecule has 2 rings (SSSR count). The van der Waals surface area contributed by atoms with Crippen LogP contribution in [0.15, 0.2) is 58.5 Å². The molecule has 0 unspecified atom stereocenters. The maximum absolute atomic E-state index is 12.1. The second kappa shape index (κ2) is 8.18. The molecule has 3 nitrogen and oxygen atoms in total. The first-order valence-corrected chi connectivity index (χ1v) is 8.55. The third-order valence-electron chi connectivity index (χ3n) is 3.30. The van der Waals surface area contributed by atoms with Crippen LogP contribution in [0.25, 0.3) is 0 Å². The molecule has 0 saturated heterocycles. The number of aryl methyl sites for hydroxylation is 1. The van der Waals surface area contributed by atoms with Crippen molar-refractivity contribution in [2.75, 3.05) is 0 Å². The van der Waals surface area contributed by atoms with E-state index in [2.05, 4.69) is 10.5 Å². The van der Waals surface area contributed by atoms with Crippen molar-refractivity contribution in [1.82, 2.24) is 5.43 Å². The summed E-state index contributed by atoms with van der Waals surface area (Å²) >= 11 is 7.33. The average Bonchev–Trinajstić information content (AvgIpc) is 2.55. The van der Waals surface area contributed by atoms with E-state index in [9.17, 15) is 4.79 Å². The van der Waals surface area contributed by atoms with Crippen molar-refractivity contribution in [3.05, 3.63) is 64.7 Å². The summed E-state index contributed by atoms with van der Waals surface area (Å²) in [7, 11) is 0. The van der Waals surface area contributed by atoms with Crippen molar-refractivity contribution >= 4 is 35.0 Å². The third kappa shape index (κ3) is 5.41. The number of carbonyl (C=O) groups is 1. The summed E-state index contributed by atoms with van der Waals surface area (Å²) in [5.41, 5.74) is 5.60. The van der Waals surface area contributed by atoms with E-state index in [1.54, 1.807) is 0 Å². The van der Waals surface area contributed by atoms with Crippen LogP contribution >= 0.6 is 23.4 Å². The number of thioether (sulfide) groups is 1. The minimum Gasteiger partial charge on any atom is -0.272 e. The fourth-order valence-corrected chi connectivity index (χ4v) is 2.85. The van der Waals surface area contributed by atoms with Gasteiger partial charge in [0, 0.05) is 9.92 Å². The zero-order valence-corrected chi connectivity index (χ0v) is 14.9. The molecule has 1 amide bonds. The molecule has 1 N–H and O–H groups in total. The van der Waals surface area contributed by atoms with Gasteiger partial charge in [-0.25, -0.2) is 5.43 Å². The standard InChI is InChI=1S/C18H19ClN2OS/c1-12-4-6-15(7-5-12)13(2)20-21-18(22)14(3)23-17-10-8-16(19)9-11-17/h4-11,14H,1-3H3,(H,21,22)/b20-13-/t14-/m0/s1. The van der Waals surface area contributed by atoms with E-state index in [0.29, 0.717) is 5.02 Å². The first-order chi connectivity index (χ1) is 11.0. The summed E-state index contributed by atoms with van der Waals surface area (Å²) < 4.78 is 0. The van der Waals surface area contributed by atoms with Crippen molar-refractivity contribution in [2.24, 2.45) is 5.10 Å². The van der Waals surface area contributed by atoms with Gasteiger partial charge in [-0.3, -0.25) is 4.79 Å². The minimum atomic E-state index is -0.245. The van der Waals surface area contributed by atoms with Gasteiger partial charge in [0.05, 0.1) is 11.0 Å². The van der Waals surface area contributed by atoms with E-state index >= 15 is 0 Å². The highest BCUT2D eigenvalue weighted by Crippen LogP contribution is 2.24. The van der Waals surface area contributed by atoms with Crippen LogP contribution in [0.3, 0.4) is 0 Å². The lowest BCUT2D eigenvalue weighted by molar-refractivity contribution is -0.120. The van der Waals surface area contributed by atoms with Crippen molar-refractivity contribution in [2.45, 2.75) is 30.9 Å². The van der Waals surface area contributed by atoms with E-state index < -0.39 is 0 Å². The molecule has 0 heterocycles. The Morgan fingerprint density at radius 1 is 1.13 bits per heavy atom. The number of hydrazone groups is 1. The largest absolute Gasteiger partial charge is 0.272 e. The number of halogens is 1. The maximum Gasteiger partial charge on any atom is 0.253 e. The molecule has 0 saturated carbocycles. The topological polar surface area (TPSA) is 41.5 Å². The molecule has 0 aromatic heterocycles. The normalized spacial score (nSPS) is 12.8. The van der Waals surface area contributed by atoms with Crippen LogP contribution < -0.4 is 5.43 Å². The van der Waals surface area contributed by atoms with Crippen LogP contribution in [0.1, 0.15) is 25.0 Å². The lowest BCUT2D eigenvalue weighted by atomic mass is 10.1. The van der Waals surface area contributed by atoms with Crippen LogP contribution in [0, 0.1) is 6.92 Å². The van der Waals surface area contributed by atoms with Gasteiger partial charge >= 0.3 is 0 Å². The molecule has 0 aliphatic rings. The fraction of sp³-hybridized carbons (Fsp3) is 0.222. The van der Waals surface area contributed by atoms with Crippen LogP contribution in [0.4, 0.5) is 0 Å². The number of nitrogens with zero attached hydrogens (tertiary/aromatic N) is 1. The van der Waals surface area contributed by atoms with E-state index in [1.165, 1.54) is 17.3 Å². The van der Waals surface area contributed by atoms with Gasteiger partial charge in [-0.05, 0) is 50.6 Å². The van der Waals surface area contributed by atoms with Crippen molar-refractivity contribution in [3.8, 4) is 0 Å². The molecular formula is C18H19ClN2OS. The highest BCUT2D eigenvalue weighted by atomic mass is 35.5. The third-order valence-corrected chi connectivity index (χ3v) is 4.66. The van der Waals surface area contributed by atoms with Crippen LogP contribution in [-0.4, -0.2) is 16.9 Å². The predicted molar refractivity (Wildman–Crippen MR) is 98.3 cm³/mol. The van der Waals surface area contributed by atoms with Gasteiger partial charge in [-0.1, -0.05) is 41.4 Å². The number of rotatable bonds is 5. The Morgan fingerprint density at radius 3 is 2.35 bits per heavy atom. The molecule has 0 spiro atoms. The minimum absolute atomic E-state index is 0.128. The highest BCUT2D eigenvalue weighted by Gasteiger charge is 2.14. The molecule has 23 heavy (non-hydrogen) atoms. The predicted octanol–water partition coefficient (Wildman–Crippen LogP) is 4.67. The fourth-order valence-electron chi connectivity index (χ4n) is 1.86. The van der Waals surface area contributed by atoms with Crippen LogP contribution in [-0.2, 0) is 4.79 Å². The summed E-state index contributed by atoms with van der Waals surface area (Å²) in [4.78, 5) is 13.1. The Kier molecular flexibility index (Phi) is 6.25. The zero-order chi connectivity index (χ0) is 16.8. The van der Waals surface area contributed by atoms with E-state index in [1.807, 2.05) is 69.3 Å². The van der Waals surface area contributed by atoms with E-state index in [0.717, 1.165) is 16.2 Å². The summed E-state index contributed by atoms with van der Waals surface area (Å²) in [5.74, 6) is -0.128. The Labute approximate surface area is 146 Å². The monoisotopic (exact) mass is 346 g/mol. The molecular weight excluding hydrogens is 328 g/mol. The number of amides is 1. The van der Waals surface area contributed by atoms with Gasteiger partial charge in [0.15, 0.2) is 0 Å². The van der Waals surface area contributed by atoms with Gasteiger partial charge in [0.2, 0.25) is 0 Å². The van der Waals surface area contributed by atoms with Crippen molar-refractivity contribution < 1.29 is 4.79 Å². The Hall–Kier alpha value is -1.78. The molecule has 0 fully saturated rings. The molecule has 0 aliphatic heterocycles. The Bertz CT molecular complexity index is 696. The first kappa shape index (κ1) is 17.6. The summed E-state index contributed by atoms with van der Waals surface area (Å²) in [6.07, 6.45) is 0. The quantitative estimate of drug-likeness (QED) is 0.485. The summed E-state index contributed by atoms with van der Waals surface area (Å²) in [6.45, 7) is 5.76. The van der Waals surface area contributed by atoms with Crippen molar-refractivity contribution in [1.29, 1.82) is 0 Å². The molecule has 0 radical (unpaired) electrons. The molecule has 0 aliphatic carbocycles. The number of hydrogen-bond donors (Lipinski definition) is 1. The second-order valence-electron chi connectivity index (χ2n) is 5.25. The zero-order valence-electron chi connectivity index (χ0n) is 13.3. The lowest BCUT2D eigenvalue weighted by Crippen LogP contribution is -2.27. The Balaban J connectivity index is 1.93. The van der Waals surface area contributed by atoms with Gasteiger partial charge in [0.1, 0.15) is 0 Å². The van der Waals surface area contributed by atoms with Crippen LogP contribution in [0.2, 0.25) is 5.02 Å². The molecule has 5 heteroatoms. The second-order valence-corrected chi connectivity index (χ2v) is 7.10. The average molecular weight is 347 g/mol. The number of benzene rings is 2. The first-order valence-electron chi connectivity index (χ1n) is 7.29. The van der Waals surface area contributed by atoms with Gasteiger partial charge in [0.25, 0.3) is 5.91 Å². The van der Waals surface area contributed by atoms with E-state index in [-0.39, 0.29) is 11.2 Å². The SMILES string of the molecule is C/C(=N/NC(=O)[C@H](C)Sc1ccc(Cl)cc1)c1ccc(C)cc1. The summed E-state index contributed by atoms with van der Waals surface area (Å²) in [5, 5.41) is 4.62. The summed E-state index contributed by atoms with van der Waals surface area (Å²) in [6, 6.07) is 15.5. The smallest absolute Gasteiger partial charge is 0.253 e. The number of nitrogens with one attached hydrogen (secondary N) is 1. The number of carbonyl (C=O) groups excluding carboxylic acids is 1. The molecule has 2 aromatic carbocycles. The molecule has 1 atom stereocenters. The van der Waals surface area contributed by atoms with Crippen molar-refractivity contribution in [3.63, 3.8) is 0 Å². The maximum atomic E-state index is 12.1. The van der Waals surface area contributed by atoms with Gasteiger partial charge in [-0.2, -0.15) is 5.10 Å². The number of hydrogen-bond acceptors (Lipinski definition) is 3. The highest BCUT2D eigenvalue weighted by molar-refractivity contribution is 8.00. The Morgan fingerprint density at radius 2 is 1.74 bits per heavy atom. The van der Waals surface area contributed by atoms with E-state index in [4.69, 9.17) is 11.6 Å². The molecule has 120 valence electrons. The van der Waals surface area contributed by atoms with Gasteiger partial charge < -0.3 is 0 Å². The molecule has 0 bridgehead atoms.